The number of hydrogen-bond donors (Lipinski definition) is 0. The monoisotopic (exact) mass is 580 g/mol. The summed E-state index contributed by atoms with van der Waals surface area (Å²) < 4.78 is 0. The second-order valence-electron chi connectivity index (χ2n) is 13.3. The van der Waals surface area contributed by atoms with Crippen molar-refractivity contribution in [3.05, 3.63) is 59.7 Å². The molecule has 3 heteroatoms. The predicted octanol–water partition coefficient (Wildman–Crippen LogP) is 10.3. The van der Waals surface area contributed by atoms with Crippen LogP contribution in [-0.2, 0) is 17.1 Å². The number of benzene rings is 2. The van der Waals surface area contributed by atoms with Crippen molar-refractivity contribution >= 4 is 26.5 Å². The second kappa shape index (κ2) is 14.5. The fraction of sp³-hybridized carbons (Fsp3) is 0.647. The van der Waals surface area contributed by atoms with Crippen LogP contribution in [0.25, 0.3) is 0 Å². The van der Waals surface area contributed by atoms with Gasteiger partial charge < -0.3 is 0 Å². The first-order chi connectivity index (χ1) is 16.9. The SMILES string of the molecule is C1CCCC1.Cc1ccccc1P(c1ccccc1C)C(C)C1CCCC1P(C(C)(C)C)C(C)(C)C.[Fe]. The molecule has 0 nitrogen and oxygen atoms in total. The van der Waals surface area contributed by atoms with E-state index in [0.29, 0.717) is 16.0 Å². The maximum absolute atomic E-state index is 2.60. The Morgan fingerprint density at radius 1 is 0.649 bits per heavy atom. The van der Waals surface area contributed by atoms with Crippen molar-refractivity contribution < 1.29 is 17.1 Å². The zero-order valence-electron chi connectivity index (χ0n) is 25.3. The van der Waals surface area contributed by atoms with E-state index < -0.39 is 0 Å². The topological polar surface area (TPSA) is 0 Å². The Hall–Kier alpha value is -0.181. The molecular weight excluding hydrogens is 526 g/mol. The molecule has 208 valence electrons. The Balaban J connectivity index is 0.000000716. The first-order valence-corrected chi connectivity index (χ1v) is 17.4. The van der Waals surface area contributed by atoms with Crippen LogP contribution in [0.2, 0.25) is 0 Å². The van der Waals surface area contributed by atoms with Gasteiger partial charge in [-0.3, -0.25) is 0 Å². The van der Waals surface area contributed by atoms with Crippen molar-refractivity contribution in [1.82, 2.24) is 0 Å². The Morgan fingerprint density at radius 2 is 1.05 bits per heavy atom. The summed E-state index contributed by atoms with van der Waals surface area (Å²) in [5.41, 5.74) is 4.52. The molecule has 2 aliphatic rings. The van der Waals surface area contributed by atoms with Gasteiger partial charge in [-0.15, -0.1) is 0 Å². The molecular formula is C34H54FeP2. The molecule has 0 saturated heterocycles. The number of rotatable bonds is 5. The summed E-state index contributed by atoms with van der Waals surface area (Å²) in [7, 11) is -0.461. The minimum Gasteiger partial charge on any atom is -0.0921 e. The normalized spacial score (nSPS) is 20.9. The van der Waals surface area contributed by atoms with E-state index in [4.69, 9.17) is 0 Å². The summed E-state index contributed by atoms with van der Waals surface area (Å²) in [4.78, 5) is 0. The van der Waals surface area contributed by atoms with Crippen LogP contribution in [0, 0.1) is 19.8 Å². The summed E-state index contributed by atoms with van der Waals surface area (Å²) in [5, 5.41) is 3.99. The standard InChI is InChI=1S/C29H44P2.C5H10.Fe/c1-21-15-10-12-18-25(21)30(26-19-13-11-16-22(26)2)23(3)24-17-14-20-27(24)31(28(4,5)6)29(7,8)9;1-2-4-5-3-1;/h10-13,15-16,18-19,23-24,27H,14,17,20H2,1-9H3;1-5H2;. The van der Waals surface area contributed by atoms with Gasteiger partial charge in [-0.2, -0.15) is 0 Å². The second-order valence-corrected chi connectivity index (χ2v) is 19.9. The van der Waals surface area contributed by atoms with Gasteiger partial charge in [0.15, 0.2) is 0 Å². The van der Waals surface area contributed by atoms with E-state index in [-0.39, 0.29) is 32.9 Å². The largest absolute Gasteiger partial charge is 0.0921 e. The molecule has 0 spiro atoms. The Bertz CT molecular complexity index is 884. The zero-order valence-corrected chi connectivity index (χ0v) is 28.1. The van der Waals surface area contributed by atoms with Crippen molar-refractivity contribution in [2.45, 2.75) is 135 Å². The minimum atomic E-state index is -0.378. The average molecular weight is 581 g/mol. The van der Waals surface area contributed by atoms with Gasteiger partial charge in [0.05, 0.1) is 0 Å². The van der Waals surface area contributed by atoms with Crippen molar-refractivity contribution in [3.8, 4) is 0 Å². The Labute approximate surface area is 243 Å². The van der Waals surface area contributed by atoms with Gasteiger partial charge in [-0.1, -0.05) is 143 Å². The molecule has 2 aliphatic carbocycles. The molecule has 0 N–H and O–H groups in total. The maximum atomic E-state index is 2.60. The minimum absolute atomic E-state index is 0. The zero-order chi connectivity index (χ0) is 26.5. The van der Waals surface area contributed by atoms with Crippen LogP contribution in [0.1, 0.15) is 111 Å². The average Bonchev–Trinajstić information content (AvgIpc) is 3.50. The fourth-order valence-corrected chi connectivity index (χ4v) is 15.8. The van der Waals surface area contributed by atoms with Crippen LogP contribution >= 0.6 is 15.8 Å². The molecule has 2 aromatic carbocycles. The van der Waals surface area contributed by atoms with E-state index in [1.165, 1.54) is 62.5 Å². The fourth-order valence-electron chi connectivity index (χ4n) is 7.16. The molecule has 0 heterocycles. The third-order valence-corrected chi connectivity index (χ3v) is 15.8. The van der Waals surface area contributed by atoms with Gasteiger partial charge in [0.2, 0.25) is 0 Å². The van der Waals surface area contributed by atoms with Crippen LogP contribution in [0.5, 0.6) is 0 Å². The van der Waals surface area contributed by atoms with Crippen molar-refractivity contribution in [3.63, 3.8) is 0 Å². The van der Waals surface area contributed by atoms with E-state index in [9.17, 15) is 0 Å². The first kappa shape index (κ1) is 33.0. The van der Waals surface area contributed by atoms with Crippen molar-refractivity contribution in [2.24, 2.45) is 5.92 Å². The van der Waals surface area contributed by atoms with Gasteiger partial charge in [0.1, 0.15) is 0 Å². The van der Waals surface area contributed by atoms with Gasteiger partial charge in [-0.25, -0.2) is 0 Å². The molecule has 0 bridgehead atoms. The van der Waals surface area contributed by atoms with E-state index in [1.54, 1.807) is 10.6 Å². The molecule has 0 aromatic heterocycles. The first-order valence-electron chi connectivity index (χ1n) is 14.6. The maximum Gasteiger partial charge on any atom is 0 e. The third-order valence-electron chi connectivity index (χ3n) is 8.34. The van der Waals surface area contributed by atoms with E-state index in [0.717, 1.165) is 11.6 Å². The molecule has 37 heavy (non-hydrogen) atoms. The molecule has 3 unspecified atom stereocenters. The summed E-state index contributed by atoms with van der Waals surface area (Å²) in [6, 6.07) is 18.4. The van der Waals surface area contributed by atoms with Gasteiger partial charge >= 0.3 is 0 Å². The molecule has 2 aromatic rings. The number of aryl methyl sites for hydroxylation is 2. The van der Waals surface area contributed by atoms with Crippen molar-refractivity contribution in [1.29, 1.82) is 0 Å². The van der Waals surface area contributed by atoms with Crippen LogP contribution in [-0.4, -0.2) is 21.6 Å². The molecule has 3 atom stereocenters. The van der Waals surface area contributed by atoms with E-state index in [2.05, 4.69) is 111 Å². The van der Waals surface area contributed by atoms with Crippen molar-refractivity contribution in [2.75, 3.05) is 0 Å². The Kier molecular flexibility index (Phi) is 12.9. The molecule has 0 radical (unpaired) electrons. The van der Waals surface area contributed by atoms with E-state index in [1.807, 2.05) is 0 Å². The summed E-state index contributed by atoms with van der Waals surface area (Å²) in [6.45, 7) is 22.3. The number of hydrogen-bond acceptors (Lipinski definition) is 0. The molecule has 2 saturated carbocycles. The summed E-state index contributed by atoms with van der Waals surface area (Å²) >= 11 is 0. The van der Waals surface area contributed by atoms with Gasteiger partial charge in [0, 0.05) is 17.1 Å². The van der Waals surface area contributed by atoms with E-state index >= 15 is 0 Å². The molecule has 4 rings (SSSR count). The third kappa shape index (κ3) is 8.65. The molecule has 2 fully saturated rings. The summed E-state index contributed by atoms with van der Waals surface area (Å²) in [5.74, 6) is 0.829. The van der Waals surface area contributed by atoms with Crippen LogP contribution in [0.15, 0.2) is 48.5 Å². The molecule has 0 aliphatic heterocycles. The van der Waals surface area contributed by atoms with Crippen LogP contribution in [0.4, 0.5) is 0 Å². The van der Waals surface area contributed by atoms with Crippen LogP contribution in [0.3, 0.4) is 0 Å². The summed E-state index contributed by atoms with van der Waals surface area (Å²) in [6.07, 6.45) is 11.8. The predicted molar refractivity (Wildman–Crippen MR) is 169 cm³/mol. The molecule has 0 amide bonds. The van der Waals surface area contributed by atoms with Gasteiger partial charge in [-0.05, 0) is 83.9 Å². The van der Waals surface area contributed by atoms with Crippen LogP contribution < -0.4 is 10.6 Å². The van der Waals surface area contributed by atoms with Gasteiger partial charge in [0.25, 0.3) is 0 Å². The Morgan fingerprint density at radius 3 is 1.43 bits per heavy atom. The quantitative estimate of drug-likeness (QED) is 0.244. The smallest absolute Gasteiger partial charge is 0 e.